The Hall–Kier alpha value is -2.82. The Morgan fingerprint density at radius 2 is 2.04 bits per heavy atom. The molecule has 0 saturated heterocycles. The molecule has 3 rings (SSSR count). The van der Waals surface area contributed by atoms with Crippen molar-refractivity contribution in [2.45, 2.75) is 33.6 Å². The molecule has 0 atom stereocenters. The van der Waals surface area contributed by atoms with E-state index in [1.54, 1.807) is 6.33 Å². The van der Waals surface area contributed by atoms with Gasteiger partial charge in [-0.2, -0.15) is 0 Å². The zero-order valence-electron chi connectivity index (χ0n) is 15.6. The van der Waals surface area contributed by atoms with E-state index in [4.69, 9.17) is 4.74 Å². The Bertz CT molecular complexity index is 915. The Labute approximate surface area is 153 Å². The predicted octanol–water partition coefficient (Wildman–Crippen LogP) is 3.62. The van der Waals surface area contributed by atoms with Crippen LogP contribution in [0, 0.1) is 20.8 Å². The third-order valence-corrected chi connectivity index (χ3v) is 4.51. The van der Waals surface area contributed by atoms with Crippen molar-refractivity contribution in [2.75, 3.05) is 13.2 Å². The summed E-state index contributed by atoms with van der Waals surface area (Å²) in [4.78, 5) is 19.3. The van der Waals surface area contributed by atoms with Gasteiger partial charge < -0.3 is 15.0 Å². The van der Waals surface area contributed by atoms with Gasteiger partial charge in [-0.1, -0.05) is 12.1 Å². The number of rotatable bonds is 7. The van der Waals surface area contributed by atoms with Crippen molar-refractivity contribution in [3.05, 3.63) is 58.9 Å². The van der Waals surface area contributed by atoms with Gasteiger partial charge in [0.15, 0.2) is 0 Å². The molecule has 0 aliphatic heterocycles. The number of ether oxygens (including phenoxy) is 1. The lowest BCUT2D eigenvalue weighted by Crippen LogP contribution is -2.27. The van der Waals surface area contributed by atoms with Crippen LogP contribution in [0.1, 0.15) is 28.7 Å². The van der Waals surface area contributed by atoms with Crippen molar-refractivity contribution in [2.24, 2.45) is 0 Å². The highest BCUT2D eigenvalue weighted by molar-refractivity contribution is 5.81. The molecular formula is C21H25N3O2. The monoisotopic (exact) mass is 351 g/mol. The van der Waals surface area contributed by atoms with Crippen LogP contribution >= 0.6 is 0 Å². The number of benzene rings is 2. The molecule has 0 saturated carbocycles. The van der Waals surface area contributed by atoms with Gasteiger partial charge in [-0.25, -0.2) is 4.98 Å². The van der Waals surface area contributed by atoms with Crippen LogP contribution in [0.3, 0.4) is 0 Å². The van der Waals surface area contributed by atoms with Crippen LogP contribution in [0.5, 0.6) is 5.75 Å². The molecule has 1 amide bonds. The van der Waals surface area contributed by atoms with Crippen LogP contribution in [0.15, 0.2) is 36.7 Å². The quantitative estimate of drug-likeness (QED) is 0.639. The van der Waals surface area contributed by atoms with Crippen LogP contribution in [-0.4, -0.2) is 29.0 Å². The topological polar surface area (TPSA) is 67.0 Å². The maximum Gasteiger partial charge on any atom is 0.224 e. The van der Waals surface area contributed by atoms with Crippen molar-refractivity contribution >= 4 is 16.9 Å². The summed E-state index contributed by atoms with van der Waals surface area (Å²) in [6.07, 6.45) is 2.80. The minimum atomic E-state index is 0.0199. The predicted molar refractivity (Wildman–Crippen MR) is 104 cm³/mol. The van der Waals surface area contributed by atoms with Gasteiger partial charge >= 0.3 is 0 Å². The Morgan fingerprint density at radius 1 is 1.19 bits per heavy atom. The summed E-state index contributed by atoms with van der Waals surface area (Å²) in [5.74, 6) is 0.952. The first-order chi connectivity index (χ1) is 12.5. The van der Waals surface area contributed by atoms with Gasteiger partial charge in [0.2, 0.25) is 5.91 Å². The van der Waals surface area contributed by atoms with E-state index in [2.05, 4.69) is 48.2 Å². The van der Waals surface area contributed by atoms with Gasteiger partial charge in [0.1, 0.15) is 5.75 Å². The van der Waals surface area contributed by atoms with Crippen molar-refractivity contribution in [1.82, 2.24) is 15.3 Å². The second-order valence-corrected chi connectivity index (χ2v) is 6.69. The number of aromatic amines is 1. The summed E-state index contributed by atoms with van der Waals surface area (Å²) in [5, 5.41) is 2.95. The van der Waals surface area contributed by atoms with Crippen LogP contribution in [-0.2, 0) is 11.2 Å². The molecule has 5 nitrogen and oxygen atoms in total. The maximum atomic E-state index is 12.1. The largest absolute Gasteiger partial charge is 0.493 e. The fraction of sp³-hybridized carbons (Fsp3) is 0.333. The van der Waals surface area contributed by atoms with E-state index in [0.29, 0.717) is 19.6 Å². The van der Waals surface area contributed by atoms with Crippen LogP contribution in [0.4, 0.5) is 0 Å². The molecule has 0 radical (unpaired) electrons. The minimum absolute atomic E-state index is 0.0199. The number of H-pyrrole nitrogens is 1. The Morgan fingerprint density at radius 3 is 2.88 bits per heavy atom. The van der Waals surface area contributed by atoms with Crippen molar-refractivity contribution < 1.29 is 9.53 Å². The molecule has 1 heterocycles. The summed E-state index contributed by atoms with van der Waals surface area (Å²) in [6, 6.07) is 10.0. The van der Waals surface area contributed by atoms with E-state index in [9.17, 15) is 4.79 Å². The molecule has 0 spiro atoms. The van der Waals surface area contributed by atoms with E-state index in [1.807, 2.05) is 18.2 Å². The molecule has 1 aromatic heterocycles. The molecule has 0 fully saturated rings. The molecule has 2 N–H and O–H groups in total. The van der Waals surface area contributed by atoms with Crippen LogP contribution in [0.25, 0.3) is 11.0 Å². The van der Waals surface area contributed by atoms with Gasteiger partial charge in [0, 0.05) is 6.54 Å². The molecular weight excluding hydrogens is 326 g/mol. The fourth-order valence-electron chi connectivity index (χ4n) is 2.97. The number of imidazole rings is 1. The number of nitrogens with zero attached hydrogens (tertiary/aromatic N) is 1. The molecule has 136 valence electrons. The highest BCUT2D eigenvalue weighted by atomic mass is 16.5. The molecule has 0 bridgehead atoms. The number of carbonyl (C=O) groups is 1. The average Bonchev–Trinajstić information content (AvgIpc) is 3.06. The normalized spacial score (nSPS) is 10.9. The first-order valence-electron chi connectivity index (χ1n) is 8.92. The lowest BCUT2D eigenvalue weighted by atomic mass is 10.1. The van der Waals surface area contributed by atoms with E-state index in [1.165, 1.54) is 16.7 Å². The minimum Gasteiger partial charge on any atom is -0.493 e. The number of carbonyl (C=O) groups excluding carboxylic acids is 1. The van der Waals surface area contributed by atoms with Gasteiger partial charge in [0.25, 0.3) is 0 Å². The summed E-state index contributed by atoms with van der Waals surface area (Å²) in [5.41, 5.74) is 6.45. The maximum absolute atomic E-state index is 12.1. The van der Waals surface area contributed by atoms with E-state index < -0.39 is 0 Å². The zero-order chi connectivity index (χ0) is 18.5. The molecule has 0 aliphatic carbocycles. The number of aryl methyl sites for hydroxylation is 2. The lowest BCUT2D eigenvalue weighted by Gasteiger charge is -2.12. The third kappa shape index (κ3) is 4.42. The van der Waals surface area contributed by atoms with E-state index in [0.717, 1.165) is 28.8 Å². The van der Waals surface area contributed by atoms with Crippen molar-refractivity contribution in [3.63, 3.8) is 0 Å². The van der Waals surface area contributed by atoms with E-state index >= 15 is 0 Å². The highest BCUT2D eigenvalue weighted by Crippen LogP contribution is 2.23. The van der Waals surface area contributed by atoms with Gasteiger partial charge in [-0.3, -0.25) is 4.79 Å². The summed E-state index contributed by atoms with van der Waals surface area (Å²) in [7, 11) is 0. The number of hydrogen-bond donors (Lipinski definition) is 2. The average molecular weight is 351 g/mol. The zero-order valence-corrected chi connectivity index (χ0v) is 15.6. The molecule has 0 unspecified atom stereocenters. The van der Waals surface area contributed by atoms with Gasteiger partial charge in [0.05, 0.1) is 30.4 Å². The van der Waals surface area contributed by atoms with Crippen molar-refractivity contribution in [3.8, 4) is 5.75 Å². The molecule has 26 heavy (non-hydrogen) atoms. The first-order valence-corrected chi connectivity index (χ1v) is 8.92. The number of nitrogens with one attached hydrogen (secondary N) is 2. The SMILES string of the molecule is Cc1cc(C)c(C)c(OCCCNC(=O)Cc2ccc3nc[nH]c3c2)c1. The molecule has 5 heteroatoms. The smallest absolute Gasteiger partial charge is 0.224 e. The van der Waals surface area contributed by atoms with Crippen molar-refractivity contribution in [1.29, 1.82) is 0 Å². The van der Waals surface area contributed by atoms with Crippen LogP contribution < -0.4 is 10.1 Å². The Balaban J connectivity index is 1.41. The molecule has 3 aromatic rings. The summed E-state index contributed by atoms with van der Waals surface area (Å²) < 4.78 is 5.88. The second kappa shape index (κ2) is 8.04. The lowest BCUT2D eigenvalue weighted by molar-refractivity contribution is -0.120. The summed E-state index contributed by atoms with van der Waals surface area (Å²) in [6.45, 7) is 7.43. The van der Waals surface area contributed by atoms with Gasteiger partial charge in [-0.05, 0) is 67.6 Å². The third-order valence-electron chi connectivity index (χ3n) is 4.51. The van der Waals surface area contributed by atoms with Gasteiger partial charge in [-0.15, -0.1) is 0 Å². The standard InChI is InChI=1S/C21H25N3O2/c1-14-9-15(2)16(3)20(10-14)26-8-4-7-22-21(25)12-17-5-6-18-19(11-17)24-13-23-18/h5-6,9-11,13H,4,7-8,12H2,1-3H3,(H,22,25)(H,23,24). The number of fused-ring (bicyclic) bond motifs is 1. The number of hydrogen-bond acceptors (Lipinski definition) is 3. The highest BCUT2D eigenvalue weighted by Gasteiger charge is 2.06. The van der Waals surface area contributed by atoms with E-state index in [-0.39, 0.29) is 5.91 Å². The molecule has 0 aliphatic rings. The number of amides is 1. The van der Waals surface area contributed by atoms with Crippen LogP contribution in [0.2, 0.25) is 0 Å². The number of aromatic nitrogens is 2. The second-order valence-electron chi connectivity index (χ2n) is 6.69. The molecule has 2 aromatic carbocycles. The summed E-state index contributed by atoms with van der Waals surface area (Å²) >= 11 is 0. The Kier molecular flexibility index (Phi) is 5.56. The fourth-order valence-corrected chi connectivity index (χ4v) is 2.97. The first kappa shape index (κ1) is 18.0.